The van der Waals surface area contributed by atoms with Crippen LogP contribution in [0.5, 0.6) is 0 Å². The molecule has 4 heteroatoms. The van der Waals surface area contributed by atoms with Crippen LogP contribution < -0.4 is 10.0 Å². The van der Waals surface area contributed by atoms with Crippen LogP contribution in [0.1, 0.15) is 18.4 Å². The minimum absolute atomic E-state index is 0.00190. The number of aryl methyl sites for hydroxylation is 1. The van der Waals surface area contributed by atoms with E-state index >= 15 is 0 Å². The summed E-state index contributed by atoms with van der Waals surface area (Å²) in [6, 6.07) is 8.12. The Kier molecular flexibility index (Phi) is 3.85. The van der Waals surface area contributed by atoms with Crippen LogP contribution in [-0.2, 0) is 4.79 Å². The molecule has 86 valence electrons. The number of benzene rings is 1. The number of hydrogen-bond acceptors (Lipinski definition) is 3. The molecule has 0 spiro atoms. The molecule has 0 unspecified atom stereocenters. The molecular weight excluding hydrogens is 220 g/mol. The normalized spacial score (nSPS) is 19.7. The molecule has 0 bridgehead atoms. The first-order valence-corrected chi connectivity index (χ1v) is 6.34. The van der Waals surface area contributed by atoms with Crippen molar-refractivity contribution in [3.8, 4) is 0 Å². The largest absolute Gasteiger partial charge is 0.306 e. The van der Waals surface area contributed by atoms with E-state index in [4.69, 9.17) is 0 Å². The lowest BCUT2D eigenvalue weighted by molar-refractivity contribution is -0.120. The van der Waals surface area contributed by atoms with E-state index in [0.717, 1.165) is 24.3 Å². The van der Waals surface area contributed by atoms with Gasteiger partial charge in [-0.1, -0.05) is 17.7 Å². The summed E-state index contributed by atoms with van der Waals surface area (Å²) in [5.74, 6) is 0.0862. The zero-order valence-corrected chi connectivity index (χ0v) is 10.1. The fourth-order valence-corrected chi connectivity index (χ4v) is 2.33. The molecule has 1 aliphatic rings. The minimum Gasteiger partial charge on any atom is -0.306 e. The molecule has 0 aromatic heterocycles. The number of rotatable bonds is 3. The molecule has 1 heterocycles. The number of carbonyl (C=O) groups is 1. The van der Waals surface area contributed by atoms with Crippen LogP contribution >= 0.6 is 11.9 Å². The lowest BCUT2D eigenvalue weighted by Gasteiger charge is -2.10. The molecule has 2 rings (SSSR count). The van der Waals surface area contributed by atoms with E-state index in [1.54, 1.807) is 0 Å². The molecule has 1 aliphatic heterocycles. The lowest BCUT2D eigenvalue weighted by Crippen LogP contribution is -2.37. The second-order valence-corrected chi connectivity index (χ2v) is 4.91. The van der Waals surface area contributed by atoms with Gasteiger partial charge in [0.1, 0.15) is 0 Å². The highest BCUT2D eigenvalue weighted by Crippen LogP contribution is 2.16. The summed E-state index contributed by atoms with van der Waals surface area (Å²) >= 11 is 1.38. The third-order valence-electron chi connectivity index (χ3n) is 2.67. The van der Waals surface area contributed by atoms with Gasteiger partial charge in [-0.05, 0) is 50.4 Å². The van der Waals surface area contributed by atoms with Gasteiger partial charge in [0.2, 0.25) is 5.91 Å². The number of hydrogen-bond donors (Lipinski definition) is 2. The third-order valence-corrected chi connectivity index (χ3v) is 3.48. The summed E-state index contributed by atoms with van der Waals surface area (Å²) in [6.45, 7) is 3.00. The highest BCUT2D eigenvalue weighted by Gasteiger charge is 2.21. The fraction of sp³-hybridized carbons (Fsp3) is 0.417. The first-order chi connectivity index (χ1) is 7.75. The quantitative estimate of drug-likeness (QED) is 0.787. The zero-order valence-electron chi connectivity index (χ0n) is 9.32. The van der Waals surface area contributed by atoms with Crippen molar-refractivity contribution in [2.75, 3.05) is 6.54 Å². The van der Waals surface area contributed by atoms with Crippen molar-refractivity contribution in [3.05, 3.63) is 29.8 Å². The van der Waals surface area contributed by atoms with Crippen molar-refractivity contribution < 1.29 is 4.79 Å². The third kappa shape index (κ3) is 3.00. The van der Waals surface area contributed by atoms with E-state index in [1.165, 1.54) is 17.5 Å². The number of amides is 1. The van der Waals surface area contributed by atoms with Crippen LogP contribution in [0.4, 0.5) is 0 Å². The van der Waals surface area contributed by atoms with Gasteiger partial charge in [0, 0.05) is 4.90 Å². The molecule has 0 radical (unpaired) electrons. The summed E-state index contributed by atoms with van der Waals surface area (Å²) in [6.07, 6.45) is 2.04. The molecule has 16 heavy (non-hydrogen) atoms. The summed E-state index contributed by atoms with van der Waals surface area (Å²) < 4.78 is 2.88. The number of carbonyl (C=O) groups excluding carboxylic acids is 1. The van der Waals surface area contributed by atoms with Gasteiger partial charge in [-0.15, -0.1) is 0 Å². The zero-order chi connectivity index (χ0) is 11.4. The molecule has 1 saturated heterocycles. The van der Waals surface area contributed by atoms with Gasteiger partial charge in [0.15, 0.2) is 0 Å². The van der Waals surface area contributed by atoms with Crippen molar-refractivity contribution in [3.63, 3.8) is 0 Å². The van der Waals surface area contributed by atoms with E-state index in [-0.39, 0.29) is 11.9 Å². The topological polar surface area (TPSA) is 41.1 Å². The Morgan fingerprint density at radius 2 is 2.19 bits per heavy atom. The summed E-state index contributed by atoms with van der Waals surface area (Å²) in [7, 11) is 0. The Hall–Kier alpha value is -1.00. The van der Waals surface area contributed by atoms with Crippen LogP contribution in [0.2, 0.25) is 0 Å². The first kappa shape index (κ1) is 11.5. The van der Waals surface area contributed by atoms with E-state index in [1.807, 2.05) is 24.3 Å². The summed E-state index contributed by atoms with van der Waals surface area (Å²) in [5.41, 5.74) is 1.23. The van der Waals surface area contributed by atoms with E-state index in [9.17, 15) is 4.79 Å². The second kappa shape index (κ2) is 5.37. The maximum Gasteiger partial charge on any atom is 0.247 e. The molecule has 1 atom stereocenters. The van der Waals surface area contributed by atoms with Gasteiger partial charge >= 0.3 is 0 Å². The van der Waals surface area contributed by atoms with Crippen LogP contribution in [-0.4, -0.2) is 18.5 Å². The Morgan fingerprint density at radius 1 is 1.44 bits per heavy atom. The molecular formula is C12H16N2OS. The van der Waals surface area contributed by atoms with Crippen LogP contribution in [0.3, 0.4) is 0 Å². The highest BCUT2D eigenvalue weighted by molar-refractivity contribution is 7.98. The molecule has 3 nitrogen and oxygen atoms in total. The minimum atomic E-state index is -0.00190. The van der Waals surface area contributed by atoms with Crippen LogP contribution in [0, 0.1) is 6.92 Å². The highest BCUT2D eigenvalue weighted by atomic mass is 32.2. The maximum absolute atomic E-state index is 11.7. The first-order valence-electron chi connectivity index (χ1n) is 5.52. The van der Waals surface area contributed by atoms with E-state index in [0.29, 0.717) is 0 Å². The number of nitrogens with one attached hydrogen (secondary N) is 2. The average molecular weight is 236 g/mol. The summed E-state index contributed by atoms with van der Waals surface area (Å²) in [4.78, 5) is 12.8. The van der Waals surface area contributed by atoms with Gasteiger partial charge in [-0.2, -0.15) is 0 Å². The Balaban J connectivity index is 1.82. The molecule has 0 aliphatic carbocycles. The van der Waals surface area contributed by atoms with Crippen LogP contribution in [0.25, 0.3) is 0 Å². The van der Waals surface area contributed by atoms with Gasteiger partial charge in [0.05, 0.1) is 6.04 Å². The van der Waals surface area contributed by atoms with Gasteiger partial charge in [-0.25, -0.2) is 0 Å². The van der Waals surface area contributed by atoms with Crippen molar-refractivity contribution in [2.45, 2.75) is 30.7 Å². The Morgan fingerprint density at radius 3 is 2.81 bits per heavy atom. The van der Waals surface area contributed by atoms with Crippen molar-refractivity contribution in [1.29, 1.82) is 0 Å². The summed E-state index contributed by atoms with van der Waals surface area (Å²) in [5, 5.41) is 3.18. The lowest BCUT2D eigenvalue weighted by atomic mass is 10.2. The maximum atomic E-state index is 11.7. The standard InChI is InChI=1S/C12H16N2OS/c1-9-4-6-10(7-5-9)16-14-12(15)11-3-2-8-13-11/h4-7,11,13H,2-3,8H2,1H3,(H,14,15)/t11-/m0/s1. The average Bonchev–Trinajstić information content (AvgIpc) is 2.81. The van der Waals surface area contributed by atoms with Gasteiger partial charge < -0.3 is 5.32 Å². The molecule has 0 saturated carbocycles. The predicted octanol–water partition coefficient (Wildman–Crippen LogP) is 1.87. The van der Waals surface area contributed by atoms with Crippen molar-refractivity contribution >= 4 is 17.9 Å². The van der Waals surface area contributed by atoms with Crippen molar-refractivity contribution in [2.24, 2.45) is 0 Å². The SMILES string of the molecule is Cc1ccc(SNC(=O)[C@@H]2CCCN2)cc1. The van der Waals surface area contributed by atoms with Gasteiger partial charge in [-0.3, -0.25) is 9.52 Å². The molecule has 1 aromatic rings. The molecule has 2 N–H and O–H groups in total. The monoisotopic (exact) mass is 236 g/mol. The van der Waals surface area contributed by atoms with Crippen LogP contribution in [0.15, 0.2) is 29.2 Å². The molecule has 1 aromatic carbocycles. The van der Waals surface area contributed by atoms with Gasteiger partial charge in [0.25, 0.3) is 0 Å². The smallest absolute Gasteiger partial charge is 0.247 e. The molecule has 1 fully saturated rings. The van der Waals surface area contributed by atoms with E-state index < -0.39 is 0 Å². The Labute approximate surface area is 100 Å². The van der Waals surface area contributed by atoms with Crippen molar-refractivity contribution in [1.82, 2.24) is 10.0 Å². The fourth-order valence-electron chi connectivity index (χ4n) is 1.69. The second-order valence-electron chi connectivity index (χ2n) is 4.03. The predicted molar refractivity (Wildman–Crippen MR) is 66.2 cm³/mol. The Bertz CT molecular complexity index is 358. The molecule has 1 amide bonds. The van der Waals surface area contributed by atoms with E-state index in [2.05, 4.69) is 17.0 Å².